The number of hydrogen-bond acceptors (Lipinski definition) is 4. The summed E-state index contributed by atoms with van der Waals surface area (Å²) in [6.45, 7) is 9.44. The molecule has 1 N–H and O–H groups in total. The van der Waals surface area contributed by atoms with Crippen LogP contribution in [0.4, 0.5) is 4.79 Å². The van der Waals surface area contributed by atoms with E-state index in [0.717, 1.165) is 25.9 Å². The maximum atomic E-state index is 12.2. The van der Waals surface area contributed by atoms with Crippen LogP contribution in [0.5, 0.6) is 0 Å². The average molecular weight is 389 g/mol. The van der Waals surface area contributed by atoms with Crippen molar-refractivity contribution >= 4 is 33.4 Å². The molecule has 1 aromatic rings. The van der Waals surface area contributed by atoms with Crippen molar-refractivity contribution in [1.29, 1.82) is 0 Å². The van der Waals surface area contributed by atoms with Crippen molar-refractivity contribution in [3.63, 3.8) is 0 Å². The van der Waals surface area contributed by atoms with Crippen molar-refractivity contribution < 1.29 is 9.53 Å². The quantitative estimate of drug-likeness (QED) is 0.834. The molecule has 0 aliphatic carbocycles. The number of carbonyl (C=O) groups is 1. The fraction of sp³-hybridized carbons (Fsp3) is 0.688. The van der Waals surface area contributed by atoms with E-state index in [4.69, 9.17) is 4.74 Å². The number of halogens is 1. The summed E-state index contributed by atoms with van der Waals surface area (Å²) in [5.74, 6) is 0. The average Bonchev–Trinajstić information content (AvgIpc) is 2.80. The van der Waals surface area contributed by atoms with Gasteiger partial charge in [-0.3, -0.25) is 0 Å². The highest BCUT2D eigenvalue weighted by molar-refractivity contribution is 9.10. The van der Waals surface area contributed by atoms with Gasteiger partial charge in [-0.1, -0.05) is 0 Å². The summed E-state index contributed by atoms with van der Waals surface area (Å²) in [7, 11) is 0. The lowest BCUT2D eigenvalue weighted by molar-refractivity contribution is 0.00933. The van der Waals surface area contributed by atoms with Gasteiger partial charge in [0.1, 0.15) is 5.60 Å². The topological polar surface area (TPSA) is 41.6 Å². The highest BCUT2D eigenvalue weighted by Crippen LogP contribution is 2.24. The number of nitrogens with one attached hydrogen (secondary N) is 1. The van der Waals surface area contributed by atoms with Gasteiger partial charge >= 0.3 is 6.09 Å². The predicted molar refractivity (Wildman–Crippen MR) is 94.3 cm³/mol. The van der Waals surface area contributed by atoms with Crippen molar-refractivity contribution in [3.8, 4) is 0 Å². The molecule has 1 fully saturated rings. The Kier molecular flexibility index (Phi) is 5.91. The molecule has 0 spiro atoms. The first-order valence-corrected chi connectivity index (χ1v) is 9.38. The largest absolute Gasteiger partial charge is 0.444 e. The molecule has 0 bridgehead atoms. The number of hydrogen-bond donors (Lipinski definition) is 1. The lowest BCUT2D eigenvalue weighted by Gasteiger charge is -2.38. The summed E-state index contributed by atoms with van der Waals surface area (Å²) >= 11 is 5.32. The molecule has 4 nitrogen and oxygen atoms in total. The van der Waals surface area contributed by atoms with Crippen LogP contribution >= 0.6 is 27.3 Å². The molecular weight excluding hydrogens is 364 g/mol. The Hall–Kier alpha value is -0.590. The van der Waals surface area contributed by atoms with Gasteiger partial charge in [0, 0.05) is 34.5 Å². The molecule has 0 saturated carbocycles. The summed E-state index contributed by atoms with van der Waals surface area (Å²) < 4.78 is 6.65. The van der Waals surface area contributed by atoms with Crippen molar-refractivity contribution in [2.45, 2.75) is 64.8 Å². The molecule has 1 amide bonds. The van der Waals surface area contributed by atoms with E-state index in [9.17, 15) is 4.79 Å². The molecule has 1 aliphatic rings. The van der Waals surface area contributed by atoms with Crippen LogP contribution in [0.3, 0.4) is 0 Å². The molecule has 0 radical (unpaired) electrons. The molecule has 1 aliphatic heterocycles. The molecule has 124 valence electrons. The van der Waals surface area contributed by atoms with Crippen LogP contribution in [0.1, 0.15) is 45.4 Å². The van der Waals surface area contributed by atoms with Gasteiger partial charge in [-0.05, 0) is 67.9 Å². The zero-order valence-corrected chi connectivity index (χ0v) is 16.1. The number of nitrogens with zero attached hydrogens (tertiary/aromatic N) is 1. The number of likely N-dealkylation sites (tertiary alicyclic amines) is 1. The van der Waals surface area contributed by atoms with E-state index in [0.29, 0.717) is 6.04 Å². The summed E-state index contributed by atoms with van der Waals surface area (Å²) in [6, 6.07) is 2.73. The lowest BCUT2D eigenvalue weighted by Crippen LogP contribution is -2.50. The molecule has 2 atom stereocenters. The van der Waals surface area contributed by atoms with E-state index >= 15 is 0 Å². The minimum Gasteiger partial charge on any atom is -0.444 e. The third kappa shape index (κ3) is 4.96. The van der Waals surface area contributed by atoms with Crippen LogP contribution < -0.4 is 5.32 Å². The lowest BCUT2D eigenvalue weighted by atomic mass is 9.98. The van der Waals surface area contributed by atoms with Crippen LogP contribution in [0.25, 0.3) is 0 Å². The molecule has 2 unspecified atom stereocenters. The minimum atomic E-state index is -0.433. The van der Waals surface area contributed by atoms with Crippen LogP contribution in [0, 0.1) is 0 Å². The molecule has 1 aromatic heterocycles. The van der Waals surface area contributed by atoms with Gasteiger partial charge in [-0.25, -0.2) is 4.79 Å². The number of thiophene rings is 1. The van der Waals surface area contributed by atoms with Gasteiger partial charge in [0.05, 0.1) is 0 Å². The molecule has 2 heterocycles. The first-order valence-electron chi connectivity index (χ1n) is 7.71. The third-order valence-corrected chi connectivity index (χ3v) is 5.67. The summed E-state index contributed by atoms with van der Waals surface area (Å²) in [5, 5.41) is 5.70. The van der Waals surface area contributed by atoms with Gasteiger partial charge in [0.25, 0.3) is 0 Å². The Morgan fingerprint density at radius 1 is 1.55 bits per heavy atom. The normalized spacial score (nSPS) is 22.7. The summed E-state index contributed by atoms with van der Waals surface area (Å²) in [4.78, 5) is 15.4. The van der Waals surface area contributed by atoms with E-state index in [2.05, 4.69) is 39.6 Å². The van der Waals surface area contributed by atoms with E-state index in [1.54, 1.807) is 11.3 Å². The fourth-order valence-electron chi connectivity index (χ4n) is 2.64. The Balaban J connectivity index is 1.82. The van der Waals surface area contributed by atoms with Crippen molar-refractivity contribution in [2.75, 3.05) is 6.54 Å². The second-order valence-corrected chi connectivity index (χ2v) is 8.67. The summed E-state index contributed by atoms with van der Waals surface area (Å²) in [5.41, 5.74) is -0.433. The number of ether oxygens (including phenoxy) is 1. The summed E-state index contributed by atoms with van der Waals surface area (Å²) in [6.07, 6.45) is 1.73. The molecule has 22 heavy (non-hydrogen) atoms. The van der Waals surface area contributed by atoms with Gasteiger partial charge in [0.15, 0.2) is 0 Å². The predicted octanol–water partition coefficient (Wildman–Crippen LogP) is 4.39. The first kappa shape index (κ1) is 17.8. The van der Waals surface area contributed by atoms with Gasteiger partial charge in [0.2, 0.25) is 0 Å². The van der Waals surface area contributed by atoms with E-state index in [1.807, 2.05) is 25.7 Å². The minimum absolute atomic E-state index is 0.195. The number of rotatable bonds is 3. The van der Waals surface area contributed by atoms with Crippen molar-refractivity contribution in [3.05, 3.63) is 20.8 Å². The van der Waals surface area contributed by atoms with Gasteiger partial charge in [-0.2, -0.15) is 0 Å². The molecule has 1 saturated heterocycles. The van der Waals surface area contributed by atoms with Gasteiger partial charge in [-0.15, -0.1) is 11.3 Å². The van der Waals surface area contributed by atoms with Crippen molar-refractivity contribution in [1.82, 2.24) is 10.2 Å². The maximum Gasteiger partial charge on any atom is 0.410 e. The first-order chi connectivity index (χ1) is 10.3. The van der Waals surface area contributed by atoms with Gasteiger partial charge < -0.3 is 15.0 Å². The van der Waals surface area contributed by atoms with Crippen LogP contribution in [-0.2, 0) is 11.3 Å². The molecule has 0 aromatic carbocycles. The number of carbonyl (C=O) groups excluding carboxylic acids is 1. The second-order valence-electron chi connectivity index (χ2n) is 6.82. The van der Waals surface area contributed by atoms with Crippen LogP contribution in [0.2, 0.25) is 0 Å². The number of piperidine rings is 1. The zero-order valence-electron chi connectivity index (χ0n) is 13.7. The second kappa shape index (κ2) is 7.32. The SMILES string of the molecule is CC1CC(NCc2sccc2Br)CCN1C(=O)OC(C)(C)C. The number of amides is 1. The smallest absolute Gasteiger partial charge is 0.410 e. The van der Waals surface area contributed by atoms with E-state index in [-0.39, 0.29) is 12.1 Å². The maximum absolute atomic E-state index is 12.2. The van der Waals surface area contributed by atoms with E-state index < -0.39 is 5.60 Å². The molecule has 6 heteroatoms. The third-order valence-electron chi connectivity index (χ3n) is 3.75. The van der Waals surface area contributed by atoms with Crippen LogP contribution in [-0.4, -0.2) is 35.2 Å². The van der Waals surface area contributed by atoms with Crippen LogP contribution in [0.15, 0.2) is 15.9 Å². The zero-order chi connectivity index (χ0) is 16.3. The fourth-order valence-corrected chi connectivity index (χ4v) is 4.08. The standard InChI is InChI=1S/C16H25BrN2O2S/c1-11-9-12(18-10-14-13(17)6-8-22-14)5-7-19(11)15(20)21-16(2,3)4/h6,8,11-12,18H,5,7,9-10H2,1-4H3. The molecular formula is C16H25BrN2O2S. The Morgan fingerprint density at radius 3 is 2.82 bits per heavy atom. The van der Waals surface area contributed by atoms with E-state index in [1.165, 1.54) is 9.35 Å². The highest BCUT2D eigenvalue weighted by atomic mass is 79.9. The Morgan fingerprint density at radius 2 is 2.27 bits per heavy atom. The molecule has 2 rings (SSSR count). The monoisotopic (exact) mass is 388 g/mol. The Labute approximate surface area is 145 Å². The Bertz CT molecular complexity index is 512. The van der Waals surface area contributed by atoms with Crippen molar-refractivity contribution in [2.24, 2.45) is 0 Å². The highest BCUT2D eigenvalue weighted by Gasteiger charge is 2.31.